The Bertz CT molecular complexity index is 2390. The molecule has 0 aromatic heterocycles. The predicted octanol–water partition coefficient (Wildman–Crippen LogP) is 12.6. The average Bonchev–Trinajstić information content (AvgIpc) is 3.41. The van der Waals surface area contributed by atoms with Gasteiger partial charge in [0.15, 0.2) is 12.8 Å². The van der Waals surface area contributed by atoms with Crippen LogP contribution in [0.5, 0.6) is 0 Å². The van der Waals surface area contributed by atoms with Crippen molar-refractivity contribution >= 4 is 68.7 Å². The normalized spacial score (nSPS) is 17.7. The molecule has 0 aliphatic carbocycles. The van der Waals surface area contributed by atoms with Gasteiger partial charge in [-0.15, -0.1) is 0 Å². The van der Waals surface area contributed by atoms with Crippen LogP contribution in [0.4, 0.5) is 41.6 Å². The zero-order chi connectivity index (χ0) is 47.6. The Balaban J connectivity index is 0.000000188. The molecule has 0 bridgehead atoms. The zero-order valence-corrected chi connectivity index (χ0v) is 39.4. The standard InChI is InChI=1S/C20H22F3N2O2.C16H28BNO4.C11H6BrF3/c1-19(2,3)27-18(26)25-12-10-24(11-13-25)17-9-8-16(20(21,22)23)14-6-4-5-7-15(14)17;1-14(2,3)20-13(19)18-10-8-12(9-11-18)17-21-15(4,5)16(6,7)22-17;12-10-6-5-9(11(13,14)15)7-3-1-2-4-8(7)10/h4-10H,11-13H2,1-3H3;8H,9-11H2,1-7H3;1-6H/q+1;;. The second kappa shape index (κ2) is 19.1. The van der Waals surface area contributed by atoms with E-state index in [1.54, 1.807) is 67.0 Å². The van der Waals surface area contributed by atoms with Gasteiger partial charge in [-0.05, 0) is 116 Å². The summed E-state index contributed by atoms with van der Waals surface area (Å²) in [6, 6.07) is 18.1. The molecule has 7 rings (SSSR count). The van der Waals surface area contributed by atoms with Crippen molar-refractivity contribution in [1.29, 1.82) is 0 Å². The summed E-state index contributed by atoms with van der Waals surface area (Å²) in [5, 5.41) is 1.51. The Kier molecular flexibility index (Phi) is 15.0. The molecule has 1 fully saturated rings. The maximum Gasteiger partial charge on any atom is 0.490 e. The average molecular weight is 964 g/mol. The summed E-state index contributed by atoms with van der Waals surface area (Å²) in [5.41, 5.74) is -1.14. The fraction of sp³-hybridized carbons (Fsp3) is 0.468. The lowest BCUT2D eigenvalue weighted by atomic mass is 9.75. The summed E-state index contributed by atoms with van der Waals surface area (Å²) in [6.07, 6.45) is -4.79. The van der Waals surface area contributed by atoms with Crippen LogP contribution in [0.2, 0.25) is 0 Å². The molecule has 0 radical (unpaired) electrons. The molecule has 9 nitrogen and oxygen atoms in total. The van der Waals surface area contributed by atoms with Gasteiger partial charge >= 0.3 is 31.7 Å². The highest BCUT2D eigenvalue weighted by atomic mass is 79.9. The van der Waals surface area contributed by atoms with Crippen LogP contribution in [0.3, 0.4) is 0 Å². The molecule has 3 aliphatic rings. The van der Waals surface area contributed by atoms with E-state index in [1.807, 2.05) is 65.3 Å². The van der Waals surface area contributed by atoms with Gasteiger partial charge in [-0.3, -0.25) is 4.90 Å². The van der Waals surface area contributed by atoms with E-state index >= 15 is 0 Å². The number of nitrogens with zero attached hydrogens (tertiary/aromatic N) is 3. The topological polar surface area (TPSA) is 80.6 Å². The first kappa shape index (κ1) is 50.4. The molecular formula is C47H56BBrF6N3O6+. The number of ether oxygens (including phenoxy) is 2. The van der Waals surface area contributed by atoms with Crippen molar-refractivity contribution in [3.05, 3.63) is 99.9 Å². The number of alkyl halides is 6. The van der Waals surface area contributed by atoms with E-state index in [9.17, 15) is 35.9 Å². The number of fused-ring (bicyclic) bond motifs is 2. The van der Waals surface area contributed by atoms with Crippen molar-refractivity contribution < 1.29 is 59.3 Å². The second-order valence-electron chi connectivity index (χ2n) is 18.7. The number of amides is 2. The van der Waals surface area contributed by atoms with Crippen LogP contribution in [0.15, 0.2) is 88.8 Å². The van der Waals surface area contributed by atoms with Crippen LogP contribution in [-0.4, -0.2) is 95.0 Å². The third-order valence-corrected chi connectivity index (χ3v) is 11.6. The number of halogens is 7. The molecule has 0 atom stereocenters. The Morgan fingerprint density at radius 1 is 0.656 bits per heavy atom. The first-order valence-corrected chi connectivity index (χ1v) is 21.7. The third kappa shape index (κ3) is 12.6. The van der Waals surface area contributed by atoms with Crippen molar-refractivity contribution in [3.63, 3.8) is 0 Å². The van der Waals surface area contributed by atoms with Gasteiger partial charge in [-0.2, -0.15) is 30.9 Å². The van der Waals surface area contributed by atoms with Crippen molar-refractivity contribution in [3.8, 4) is 0 Å². The van der Waals surface area contributed by atoms with Gasteiger partial charge in [-0.1, -0.05) is 64.5 Å². The number of carbonyl (C=O) groups is 2. The van der Waals surface area contributed by atoms with Gasteiger partial charge in [0.2, 0.25) is 5.69 Å². The molecule has 3 aliphatic heterocycles. The number of benzene rings is 4. The summed E-state index contributed by atoms with van der Waals surface area (Å²) in [5.74, 6) is 0. The van der Waals surface area contributed by atoms with Gasteiger partial charge in [0.1, 0.15) is 17.7 Å². The molecule has 3 heterocycles. The monoisotopic (exact) mass is 962 g/mol. The molecule has 0 unspecified atom stereocenters. The van der Waals surface area contributed by atoms with Gasteiger partial charge in [0.25, 0.3) is 0 Å². The lowest BCUT2D eigenvalue weighted by molar-refractivity contribution is -0.440. The van der Waals surface area contributed by atoms with Crippen LogP contribution in [0.25, 0.3) is 21.5 Å². The molecule has 17 heteroatoms. The lowest BCUT2D eigenvalue weighted by Gasteiger charge is -2.32. The minimum Gasteiger partial charge on any atom is -0.444 e. The second-order valence-corrected chi connectivity index (χ2v) is 19.5. The maximum absolute atomic E-state index is 13.3. The van der Waals surface area contributed by atoms with E-state index in [4.69, 9.17) is 18.8 Å². The van der Waals surface area contributed by atoms with E-state index in [1.165, 1.54) is 24.3 Å². The molecule has 4 aromatic rings. The first-order valence-electron chi connectivity index (χ1n) is 20.9. The van der Waals surface area contributed by atoms with E-state index in [0.717, 1.165) is 24.0 Å². The molecule has 346 valence electrons. The summed E-state index contributed by atoms with van der Waals surface area (Å²) < 4.78 is 103. The van der Waals surface area contributed by atoms with Crippen molar-refractivity contribution in [2.75, 3.05) is 32.7 Å². The summed E-state index contributed by atoms with van der Waals surface area (Å²) in [4.78, 5) is 27.5. The Labute approximate surface area is 379 Å². The quantitative estimate of drug-likeness (QED) is 0.113. The highest BCUT2D eigenvalue weighted by Gasteiger charge is 2.52. The molecule has 2 amide bonds. The third-order valence-electron chi connectivity index (χ3n) is 10.9. The number of carbonyl (C=O) groups excluding carboxylic acids is 2. The Morgan fingerprint density at radius 2 is 1.11 bits per heavy atom. The van der Waals surface area contributed by atoms with E-state index in [-0.39, 0.29) is 35.2 Å². The lowest BCUT2D eigenvalue weighted by Crippen LogP contribution is -2.44. The molecule has 64 heavy (non-hydrogen) atoms. The van der Waals surface area contributed by atoms with Crippen LogP contribution in [-0.2, 0) is 31.1 Å². The number of hydrogen-bond acceptors (Lipinski definition) is 6. The van der Waals surface area contributed by atoms with Crippen LogP contribution in [0, 0.1) is 0 Å². The molecular weight excluding hydrogens is 907 g/mol. The first-order chi connectivity index (χ1) is 29.5. The Morgan fingerprint density at radius 3 is 1.55 bits per heavy atom. The van der Waals surface area contributed by atoms with Crippen LogP contribution < -0.4 is 0 Å². The minimum absolute atomic E-state index is 0.172. The van der Waals surface area contributed by atoms with Crippen LogP contribution >= 0.6 is 15.9 Å². The van der Waals surface area contributed by atoms with E-state index < -0.39 is 40.8 Å². The molecule has 0 N–H and O–H groups in total. The van der Waals surface area contributed by atoms with Gasteiger partial charge in [-0.25, -0.2) is 9.59 Å². The van der Waals surface area contributed by atoms with E-state index in [0.29, 0.717) is 53.7 Å². The SMILES string of the molecule is CC(C)(C)OC(=O)N1CC=C(B2OC(C)(C)C(C)(C)O2)CC1.CC(C)(C)OC(=O)N1CC=[N+](c2ccc(C(F)(F)F)c3ccccc23)CC1.FC(F)(F)c1ccc(Br)c2ccccc12. The minimum atomic E-state index is -4.41. The predicted molar refractivity (Wildman–Crippen MR) is 241 cm³/mol. The fourth-order valence-corrected chi connectivity index (χ4v) is 7.47. The van der Waals surface area contributed by atoms with Crippen LogP contribution in [0.1, 0.15) is 86.8 Å². The molecule has 0 spiro atoms. The largest absolute Gasteiger partial charge is 0.490 e. The van der Waals surface area contributed by atoms with E-state index in [2.05, 4.69) is 15.9 Å². The summed E-state index contributed by atoms with van der Waals surface area (Å²) in [7, 11) is -0.314. The summed E-state index contributed by atoms with van der Waals surface area (Å²) >= 11 is 3.23. The number of hydrogen-bond donors (Lipinski definition) is 0. The molecule has 4 aromatic carbocycles. The number of rotatable bonds is 2. The van der Waals surface area contributed by atoms with Gasteiger partial charge < -0.3 is 23.7 Å². The Hall–Kier alpha value is -4.61. The fourth-order valence-electron chi connectivity index (χ4n) is 7.00. The summed E-state index contributed by atoms with van der Waals surface area (Å²) in [6.45, 7) is 21.6. The van der Waals surface area contributed by atoms with Crippen molar-refractivity contribution in [1.82, 2.24) is 9.80 Å². The van der Waals surface area contributed by atoms with Gasteiger partial charge in [0, 0.05) is 29.0 Å². The highest BCUT2D eigenvalue weighted by Crippen LogP contribution is 2.41. The van der Waals surface area contributed by atoms with Crippen molar-refractivity contribution in [2.24, 2.45) is 0 Å². The zero-order valence-electron chi connectivity index (χ0n) is 37.8. The molecule has 0 saturated carbocycles. The molecule has 1 saturated heterocycles. The maximum atomic E-state index is 13.3. The van der Waals surface area contributed by atoms with Crippen molar-refractivity contribution in [2.45, 2.75) is 110 Å². The van der Waals surface area contributed by atoms with Gasteiger partial charge in [0.05, 0.1) is 34.3 Å². The smallest absolute Gasteiger partial charge is 0.444 e. The highest BCUT2D eigenvalue weighted by molar-refractivity contribution is 9.10.